The van der Waals surface area contributed by atoms with Gasteiger partial charge in [0.2, 0.25) is 17.7 Å². The SMILES string of the molecule is CNC(=O)[C@@H](Cc1ccccc1)N(C)C(=O)[C@@H](Cc1ccc2ccccc2c1)N(C)C(=O)CC1NCCc2ccccc21. The number of benzene rings is 4. The van der Waals surface area contributed by atoms with E-state index in [0.717, 1.165) is 40.4 Å². The quantitative estimate of drug-likeness (QED) is 0.295. The van der Waals surface area contributed by atoms with Gasteiger partial charge in [-0.3, -0.25) is 14.4 Å². The second-order valence-electron chi connectivity index (χ2n) is 11.3. The molecule has 0 spiro atoms. The molecule has 0 fully saturated rings. The molecule has 3 atom stereocenters. The molecule has 0 bridgehead atoms. The van der Waals surface area contributed by atoms with E-state index in [9.17, 15) is 14.4 Å². The van der Waals surface area contributed by atoms with Gasteiger partial charge in [-0.05, 0) is 46.0 Å². The van der Waals surface area contributed by atoms with Gasteiger partial charge in [0.05, 0.1) is 0 Å². The Morgan fingerprint density at radius 1 is 0.791 bits per heavy atom. The molecule has 0 aromatic heterocycles. The van der Waals surface area contributed by atoms with Crippen molar-refractivity contribution in [1.29, 1.82) is 0 Å². The molecule has 2 N–H and O–H groups in total. The van der Waals surface area contributed by atoms with Crippen LogP contribution < -0.4 is 10.6 Å². The van der Waals surface area contributed by atoms with E-state index in [4.69, 9.17) is 0 Å². The van der Waals surface area contributed by atoms with Crippen molar-refractivity contribution >= 4 is 28.5 Å². The molecule has 1 unspecified atom stereocenters. The van der Waals surface area contributed by atoms with Crippen LogP contribution in [-0.4, -0.2) is 67.3 Å². The highest BCUT2D eigenvalue weighted by atomic mass is 16.2. The first-order valence-corrected chi connectivity index (χ1v) is 14.9. The summed E-state index contributed by atoms with van der Waals surface area (Å²) in [5, 5.41) is 8.40. The van der Waals surface area contributed by atoms with Crippen molar-refractivity contribution in [2.45, 2.75) is 43.8 Å². The molecule has 7 nitrogen and oxygen atoms in total. The minimum absolute atomic E-state index is 0.120. The Morgan fingerprint density at radius 3 is 2.23 bits per heavy atom. The fourth-order valence-corrected chi connectivity index (χ4v) is 6.04. The van der Waals surface area contributed by atoms with Crippen molar-refractivity contribution in [2.24, 2.45) is 0 Å². The summed E-state index contributed by atoms with van der Waals surface area (Å²) < 4.78 is 0. The van der Waals surface area contributed by atoms with E-state index >= 15 is 0 Å². The number of likely N-dealkylation sites (N-methyl/N-ethyl adjacent to an activating group) is 3. The van der Waals surface area contributed by atoms with E-state index in [1.54, 1.807) is 26.0 Å². The Balaban J connectivity index is 1.43. The highest BCUT2D eigenvalue weighted by Crippen LogP contribution is 2.27. The minimum Gasteiger partial charge on any atom is -0.357 e. The lowest BCUT2D eigenvalue weighted by Gasteiger charge is -2.35. The van der Waals surface area contributed by atoms with Gasteiger partial charge in [-0.1, -0.05) is 97.1 Å². The van der Waals surface area contributed by atoms with Crippen molar-refractivity contribution in [1.82, 2.24) is 20.4 Å². The largest absolute Gasteiger partial charge is 0.357 e. The molecule has 1 aliphatic rings. The summed E-state index contributed by atoms with van der Waals surface area (Å²) in [6.07, 6.45) is 1.86. The third kappa shape index (κ3) is 6.95. The van der Waals surface area contributed by atoms with Crippen molar-refractivity contribution in [3.05, 3.63) is 119 Å². The normalized spacial score (nSPS) is 15.7. The zero-order valence-electron chi connectivity index (χ0n) is 25.1. The standard InChI is InChI=1S/C36H40N4O3/c1-37-35(42)32(22-25-11-5-4-6-12-25)40(3)36(43)33(23-26-17-18-27-13-7-8-15-29(27)21-26)39(2)34(41)24-31-30-16-10-9-14-28(30)19-20-38-31/h4-18,21,31-33,38H,19-20,22-24H2,1-3H3,(H,37,42)/t31?,32-,33-/m1/s1. The molecule has 3 amide bonds. The highest BCUT2D eigenvalue weighted by molar-refractivity contribution is 5.92. The second-order valence-corrected chi connectivity index (χ2v) is 11.3. The molecule has 4 aromatic rings. The number of amides is 3. The molecule has 0 saturated heterocycles. The Morgan fingerprint density at radius 2 is 1.47 bits per heavy atom. The lowest BCUT2D eigenvalue weighted by atomic mass is 9.92. The van der Waals surface area contributed by atoms with Gasteiger partial charge in [-0.15, -0.1) is 0 Å². The van der Waals surface area contributed by atoms with E-state index in [1.165, 1.54) is 10.5 Å². The smallest absolute Gasteiger partial charge is 0.246 e. The van der Waals surface area contributed by atoms with Gasteiger partial charge in [0.1, 0.15) is 12.1 Å². The number of rotatable bonds is 10. The number of carbonyl (C=O) groups excluding carboxylic acids is 3. The zero-order chi connectivity index (χ0) is 30.3. The van der Waals surface area contributed by atoms with Crippen molar-refractivity contribution < 1.29 is 14.4 Å². The van der Waals surface area contributed by atoms with Crippen LogP contribution in [0, 0.1) is 0 Å². The summed E-state index contributed by atoms with van der Waals surface area (Å²) in [5.74, 6) is -0.645. The summed E-state index contributed by atoms with van der Waals surface area (Å²) in [5.41, 5.74) is 4.28. The Kier molecular flexibility index (Phi) is 9.52. The van der Waals surface area contributed by atoms with E-state index in [-0.39, 0.29) is 30.2 Å². The number of nitrogens with zero attached hydrogens (tertiary/aromatic N) is 2. The Bertz CT molecular complexity index is 1590. The fourth-order valence-electron chi connectivity index (χ4n) is 6.04. The van der Waals surface area contributed by atoms with Crippen LogP contribution in [0.5, 0.6) is 0 Å². The first kappa shape index (κ1) is 30.0. The number of nitrogens with one attached hydrogen (secondary N) is 2. The monoisotopic (exact) mass is 576 g/mol. The minimum atomic E-state index is -0.791. The van der Waals surface area contributed by atoms with Gasteiger partial charge >= 0.3 is 0 Å². The zero-order valence-corrected chi connectivity index (χ0v) is 25.1. The van der Waals surface area contributed by atoms with Crippen LogP contribution in [0.25, 0.3) is 10.8 Å². The first-order chi connectivity index (χ1) is 20.9. The number of carbonyl (C=O) groups is 3. The summed E-state index contributed by atoms with van der Waals surface area (Å²) in [4.78, 5) is 44.4. The molecular weight excluding hydrogens is 536 g/mol. The third-order valence-corrected chi connectivity index (χ3v) is 8.62. The topological polar surface area (TPSA) is 81.8 Å². The van der Waals surface area contributed by atoms with Crippen LogP contribution in [0.2, 0.25) is 0 Å². The average Bonchev–Trinajstić information content (AvgIpc) is 3.05. The van der Waals surface area contributed by atoms with Crippen LogP contribution in [0.15, 0.2) is 97.1 Å². The second kappa shape index (κ2) is 13.7. The van der Waals surface area contributed by atoms with Crippen molar-refractivity contribution in [3.8, 4) is 0 Å². The lowest BCUT2D eigenvalue weighted by molar-refractivity contribution is -0.147. The molecule has 4 aromatic carbocycles. The molecule has 1 aliphatic heterocycles. The number of hydrogen-bond acceptors (Lipinski definition) is 4. The van der Waals surface area contributed by atoms with Gasteiger partial charge in [0.15, 0.2) is 0 Å². The lowest BCUT2D eigenvalue weighted by Crippen LogP contribution is -2.56. The summed E-state index contributed by atoms with van der Waals surface area (Å²) >= 11 is 0. The Labute approximate surface area is 253 Å². The average molecular weight is 577 g/mol. The van der Waals surface area contributed by atoms with Crippen molar-refractivity contribution in [2.75, 3.05) is 27.7 Å². The molecule has 0 saturated carbocycles. The maximum Gasteiger partial charge on any atom is 0.246 e. The van der Waals surface area contributed by atoms with Gasteiger partial charge in [-0.2, -0.15) is 0 Å². The summed E-state index contributed by atoms with van der Waals surface area (Å²) in [6, 6.07) is 30.5. The number of fused-ring (bicyclic) bond motifs is 2. The van der Waals surface area contributed by atoms with Crippen molar-refractivity contribution in [3.63, 3.8) is 0 Å². The summed E-state index contributed by atoms with van der Waals surface area (Å²) in [7, 11) is 4.95. The molecule has 5 rings (SSSR count). The summed E-state index contributed by atoms with van der Waals surface area (Å²) in [6.45, 7) is 0.800. The van der Waals surface area contributed by atoms with E-state index < -0.39 is 12.1 Å². The predicted molar refractivity (Wildman–Crippen MR) is 170 cm³/mol. The van der Waals surface area contributed by atoms with Crippen LogP contribution in [0.4, 0.5) is 0 Å². The number of hydrogen-bond donors (Lipinski definition) is 2. The maximum atomic E-state index is 14.3. The van der Waals surface area contributed by atoms with Crippen LogP contribution >= 0.6 is 0 Å². The van der Waals surface area contributed by atoms with E-state index in [2.05, 4.69) is 34.9 Å². The van der Waals surface area contributed by atoms with E-state index in [0.29, 0.717) is 12.8 Å². The molecule has 0 aliphatic carbocycles. The maximum absolute atomic E-state index is 14.3. The van der Waals surface area contributed by atoms with Crippen LogP contribution in [-0.2, 0) is 33.6 Å². The van der Waals surface area contributed by atoms with Gasteiger partial charge in [-0.25, -0.2) is 0 Å². The molecule has 0 radical (unpaired) electrons. The molecule has 222 valence electrons. The van der Waals surface area contributed by atoms with Gasteiger partial charge in [0, 0.05) is 46.4 Å². The predicted octanol–water partition coefficient (Wildman–Crippen LogP) is 4.30. The molecule has 1 heterocycles. The highest BCUT2D eigenvalue weighted by Gasteiger charge is 2.36. The van der Waals surface area contributed by atoms with E-state index in [1.807, 2.05) is 72.8 Å². The van der Waals surface area contributed by atoms with Crippen LogP contribution in [0.1, 0.15) is 34.7 Å². The van der Waals surface area contributed by atoms with Crippen LogP contribution in [0.3, 0.4) is 0 Å². The third-order valence-electron chi connectivity index (χ3n) is 8.62. The Hall–Kier alpha value is -4.49. The van der Waals surface area contributed by atoms with Gasteiger partial charge in [0.25, 0.3) is 0 Å². The molecule has 7 heteroatoms. The first-order valence-electron chi connectivity index (χ1n) is 14.9. The molecule has 43 heavy (non-hydrogen) atoms. The fraction of sp³-hybridized carbons (Fsp3) is 0.306. The van der Waals surface area contributed by atoms with Gasteiger partial charge < -0.3 is 20.4 Å². The molecular formula is C36H40N4O3.